The molecule has 22 heavy (non-hydrogen) atoms. The number of amides is 1. The van der Waals surface area contributed by atoms with Gasteiger partial charge in [-0.15, -0.1) is 11.3 Å². The van der Waals surface area contributed by atoms with E-state index in [1.807, 2.05) is 24.1 Å². The maximum atomic E-state index is 13.6. The molecule has 0 aliphatic carbocycles. The molecule has 0 unspecified atom stereocenters. The quantitative estimate of drug-likeness (QED) is 0.801. The average molecular weight is 341 g/mol. The number of nitrogens with zero attached hydrogens (tertiary/aromatic N) is 2. The van der Waals surface area contributed by atoms with E-state index in [9.17, 15) is 9.18 Å². The van der Waals surface area contributed by atoms with Gasteiger partial charge in [0, 0.05) is 30.6 Å². The van der Waals surface area contributed by atoms with E-state index in [0.717, 1.165) is 9.21 Å². The topological polar surface area (TPSA) is 23.6 Å². The third-order valence-corrected chi connectivity index (χ3v) is 4.47. The van der Waals surface area contributed by atoms with Gasteiger partial charge in [-0.2, -0.15) is 0 Å². The van der Waals surface area contributed by atoms with E-state index in [4.69, 9.17) is 11.6 Å². The van der Waals surface area contributed by atoms with E-state index < -0.39 is 0 Å². The smallest absolute Gasteiger partial charge is 0.236 e. The lowest BCUT2D eigenvalue weighted by molar-refractivity contribution is -0.131. The summed E-state index contributed by atoms with van der Waals surface area (Å²) in [5.74, 6) is -0.336. The lowest BCUT2D eigenvalue weighted by atomic mass is 10.2. The van der Waals surface area contributed by atoms with Gasteiger partial charge in [0.05, 0.1) is 10.9 Å². The molecule has 3 nitrogen and oxygen atoms in total. The molecule has 0 N–H and O–H groups in total. The van der Waals surface area contributed by atoms with Gasteiger partial charge in [0.15, 0.2) is 0 Å². The Labute approximate surface area is 138 Å². The first-order valence-corrected chi connectivity index (χ1v) is 8.05. The molecule has 6 heteroatoms. The number of carbonyl (C=O) groups is 1. The summed E-state index contributed by atoms with van der Waals surface area (Å²) < 4.78 is 14.3. The number of hydrogen-bond acceptors (Lipinski definition) is 3. The molecule has 0 saturated heterocycles. The van der Waals surface area contributed by atoms with Crippen LogP contribution in [0.3, 0.4) is 0 Å². The normalized spacial score (nSPS) is 11.0. The van der Waals surface area contributed by atoms with Crippen LogP contribution in [0.1, 0.15) is 10.4 Å². The summed E-state index contributed by atoms with van der Waals surface area (Å²) in [7, 11) is 3.56. The molecule has 0 bridgehead atoms. The van der Waals surface area contributed by atoms with Crippen molar-refractivity contribution in [3.05, 3.63) is 57.0 Å². The third-order valence-electron chi connectivity index (χ3n) is 3.25. The summed E-state index contributed by atoms with van der Waals surface area (Å²) >= 11 is 7.40. The molecule has 0 fully saturated rings. The van der Waals surface area contributed by atoms with Gasteiger partial charge in [-0.25, -0.2) is 4.39 Å². The summed E-state index contributed by atoms with van der Waals surface area (Å²) in [6.45, 7) is 1.21. The molecule has 2 aromatic rings. The first kappa shape index (κ1) is 16.9. The molecular weight excluding hydrogens is 323 g/mol. The first-order chi connectivity index (χ1) is 10.5. The lowest BCUT2D eigenvalue weighted by Crippen LogP contribution is -2.36. The van der Waals surface area contributed by atoms with Crippen molar-refractivity contribution >= 4 is 28.8 Å². The maximum Gasteiger partial charge on any atom is 0.236 e. The fourth-order valence-electron chi connectivity index (χ4n) is 2.08. The van der Waals surface area contributed by atoms with Gasteiger partial charge < -0.3 is 4.90 Å². The average Bonchev–Trinajstić information content (AvgIpc) is 2.86. The second-order valence-electron chi connectivity index (χ2n) is 5.22. The Bertz CT molecular complexity index is 647. The van der Waals surface area contributed by atoms with Crippen LogP contribution in [-0.2, 0) is 17.9 Å². The largest absolute Gasteiger partial charge is 0.340 e. The number of rotatable bonds is 6. The Hall–Kier alpha value is -1.43. The Balaban J connectivity index is 1.87. The highest BCUT2D eigenvalue weighted by Crippen LogP contribution is 2.22. The van der Waals surface area contributed by atoms with Crippen LogP contribution in [0.2, 0.25) is 4.34 Å². The number of hydrogen-bond donors (Lipinski definition) is 0. The molecule has 118 valence electrons. The van der Waals surface area contributed by atoms with E-state index in [0.29, 0.717) is 12.1 Å². The Morgan fingerprint density at radius 1 is 1.18 bits per heavy atom. The molecule has 1 aromatic heterocycles. The Morgan fingerprint density at radius 2 is 1.91 bits per heavy atom. The van der Waals surface area contributed by atoms with E-state index in [-0.39, 0.29) is 24.8 Å². The summed E-state index contributed by atoms with van der Waals surface area (Å²) in [5.41, 5.74) is 0.519. The first-order valence-electron chi connectivity index (χ1n) is 6.86. The highest BCUT2D eigenvalue weighted by atomic mass is 35.5. The van der Waals surface area contributed by atoms with E-state index in [1.54, 1.807) is 25.2 Å². The molecule has 0 spiro atoms. The van der Waals surface area contributed by atoms with Crippen molar-refractivity contribution in [2.24, 2.45) is 0 Å². The van der Waals surface area contributed by atoms with E-state index in [1.165, 1.54) is 22.3 Å². The summed E-state index contributed by atoms with van der Waals surface area (Å²) in [6.07, 6.45) is 0. The molecule has 1 aromatic carbocycles. The van der Waals surface area contributed by atoms with Crippen molar-refractivity contribution in [3.8, 4) is 0 Å². The Morgan fingerprint density at radius 3 is 2.55 bits per heavy atom. The predicted molar refractivity (Wildman–Crippen MR) is 88.5 cm³/mol. The molecule has 1 heterocycles. The monoisotopic (exact) mass is 340 g/mol. The third kappa shape index (κ3) is 4.80. The summed E-state index contributed by atoms with van der Waals surface area (Å²) in [4.78, 5) is 16.8. The van der Waals surface area contributed by atoms with E-state index in [2.05, 4.69) is 0 Å². The van der Waals surface area contributed by atoms with Crippen LogP contribution in [0.4, 0.5) is 4.39 Å². The fourth-order valence-corrected chi connectivity index (χ4v) is 3.25. The highest BCUT2D eigenvalue weighted by Gasteiger charge is 2.14. The molecule has 0 radical (unpaired) electrons. The maximum absolute atomic E-state index is 13.6. The molecule has 0 aliphatic rings. The van der Waals surface area contributed by atoms with Crippen molar-refractivity contribution in [1.29, 1.82) is 0 Å². The van der Waals surface area contributed by atoms with Crippen LogP contribution in [0.15, 0.2) is 36.4 Å². The second kappa shape index (κ2) is 7.72. The Kier molecular flexibility index (Phi) is 5.94. The van der Waals surface area contributed by atoms with Crippen molar-refractivity contribution in [1.82, 2.24) is 9.80 Å². The zero-order chi connectivity index (χ0) is 16.1. The predicted octanol–water partition coefficient (Wildman–Crippen LogP) is 3.63. The lowest BCUT2D eigenvalue weighted by Gasteiger charge is -2.21. The number of carbonyl (C=O) groups excluding carboxylic acids is 1. The van der Waals surface area contributed by atoms with Crippen LogP contribution in [0, 0.1) is 5.82 Å². The molecule has 0 aliphatic heterocycles. The fraction of sp³-hybridized carbons (Fsp3) is 0.312. The minimum Gasteiger partial charge on any atom is -0.340 e. The van der Waals surface area contributed by atoms with Gasteiger partial charge in [0.1, 0.15) is 5.82 Å². The summed E-state index contributed by atoms with van der Waals surface area (Å²) in [5, 5.41) is 0. The van der Waals surface area contributed by atoms with Crippen molar-refractivity contribution in [2.75, 3.05) is 20.6 Å². The minimum absolute atomic E-state index is 0.0478. The van der Waals surface area contributed by atoms with Gasteiger partial charge in [0.25, 0.3) is 0 Å². The zero-order valence-electron chi connectivity index (χ0n) is 12.6. The molecule has 1 amide bonds. The number of benzene rings is 1. The molecule has 0 saturated carbocycles. The molecule has 2 rings (SSSR count). The van der Waals surface area contributed by atoms with Crippen molar-refractivity contribution < 1.29 is 9.18 Å². The van der Waals surface area contributed by atoms with Crippen LogP contribution in [-0.4, -0.2) is 36.3 Å². The number of thiophene rings is 1. The zero-order valence-corrected chi connectivity index (χ0v) is 14.1. The van der Waals surface area contributed by atoms with Crippen LogP contribution >= 0.6 is 22.9 Å². The summed E-state index contributed by atoms with van der Waals surface area (Å²) in [6, 6.07) is 10.3. The second-order valence-corrected chi connectivity index (χ2v) is 7.02. The van der Waals surface area contributed by atoms with Gasteiger partial charge in [-0.1, -0.05) is 29.8 Å². The van der Waals surface area contributed by atoms with Gasteiger partial charge in [0.2, 0.25) is 5.91 Å². The van der Waals surface area contributed by atoms with Crippen LogP contribution in [0.25, 0.3) is 0 Å². The molecule has 0 atom stereocenters. The van der Waals surface area contributed by atoms with Crippen molar-refractivity contribution in [2.45, 2.75) is 13.1 Å². The standard InChI is InChI=1S/C16H18ClFN2OS/c1-19(10-13-7-8-15(17)22-13)11-16(21)20(2)9-12-5-3-4-6-14(12)18/h3-8H,9-11H2,1-2H3. The minimum atomic E-state index is -0.288. The highest BCUT2D eigenvalue weighted by molar-refractivity contribution is 7.16. The van der Waals surface area contributed by atoms with Gasteiger partial charge in [-0.05, 0) is 25.2 Å². The van der Waals surface area contributed by atoms with Crippen LogP contribution < -0.4 is 0 Å². The SMILES string of the molecule is CN(CC(=O)N(C)Cc1ccccc1F)Cc1ccc(Cl)s1. The number of halogens is 2. The number of likely N-dealkylation sites (N-methyl/N-ethyl adjacent to an activating group) is 2. The van der Waals surface area contributed by atoms with Crippen molar-refractivity contribution in [3.63, 3.8) is 0 Å². The van der Waals surface area contributed by atoms with Gasteiger partial charge in [-0.3, -0.25) is 9.69 Å². The molecular formula is C16H18ClFN2OS. The van der Waals surface area contributed by atoms with E-state index >= 15 is 0 Å². The van der Waals surface area contributed by atoms with Gasteiger partial charge >= 0.3 is 0 Å². The van der Waals surface area contributed by atoms with Crippen LogP contribution in [0.5, 0.6) is 0 Å².